The van der Waals surface area contributed by atoms with Gasteiger partial charge in [-0.3, -0.25) is 4.79 Å². The number of aliphatic carboxylic acids is 1. The summed E-state index contributed by atoms with van der Waals surface area (Å²) in [6.45, 7) is 1.55. The van der Waals surface area contributed by atoms with Crippen molar-refractivity contribution in [2.24, 2.45) is 0 Å². The number of carboxylic acids is 1. The predicted molar refractivity (Wildman–Crippen MR) is 56.1 cm³/mol. The summed E-state index contributed by atoms with van der Waals surface area (Å²) in [5.41, 5.74) is 0. The van der Waals surface area contributed by atoms with Crippen molar-refractivity contribution in [1.82, 2.24) is 10.2 Å². The summed E-state index contributed by atoms with van der Waals surface area (Å²) in [6, 6.07) is -1.51. The quantitative estimate of drug-likeness (QED) is 0.553. The van der Waals surface area contributed by atoms with Gasteiger partial charge in [0.2, 0.25) is 0 Å². The molecule has 0 radical (unpaired) electrons. The van der Waals surface area contributed by atoms with Gasteiger partial charge in [-0.25, -0.2) is 4.79 Å². The SMILES string of the molecule is COCC(O)CN(C)C(=O)N[C@H](C)C(=O)O. The summed E-state index contributed by atoms with van der Waals surface area (Å²) in [6.07, 6.45) is -0.791. The molecule has 2 atom stereocenters. The summed E-state index contributed by atoms with van der Waals surface area (Å²) in [5, 5.41) is 20.2. The molecule has 0 fully saturated rings. The number of likely N-dealkylation sites (N-methyl/N-ethyl adjacent to an activating group) is 1. The first kappa shape index (κ1) is 14.7. The maximum atomic E-state index is 11.4. The molecule has 7 nitrogen and oxygen atoms in total. The standard InChI is InChI=1S/C9H18N2O5/c1-6(8(13)14)10-9(15)11(2)4-7(12)5-16-3/h6-7,12H,4-5H2,1-3H3,(H,10,15)(H,13,14)/t6-,7?/m1/s1. The normalized spacial score (nSPS) is 14.0. The van der Waals surface area contributed by atoms with Gasteiger partial charge in [0.1, 0.15) is 6.04 Å². The number of nitrogens with zero attached hydrogens (tertiary/aromatic N) is 1. The number of amides is 2. The van der Waals surface area contributed by atoms with Gasteiger partial charge in [-0.15, -0.1) is 0 Å². The Bertz CT molecular complexity index is 246. The Hall–Kier alpha value is -1.34. The van der Waals surface area contributed by atoms with Gasteiger partial charge in [0.05, 0.1) is 19.3 Å². The van der Waals surface area contributed by atoms with Gasteiger partial charge in [0.15, 0.2) is 0 Å². The highest BCUT2D eigenvalue weighted by molar-refractivity contribution is 5.82. The molecule has 0 bridgehead atoms. The summed E-state index contributed by atoms with van der Waals surface area (Å²) in [7, 11) is 2.90. The number of methoxy groups -OCH3 is 1. The van der Waals surface area contributed by atoms with E-state index in [0.29, 0.717) is 0 Å². The first-order valence-electron chi connectivity index (χ1n) is 4.80. The number of nitrogens with one attached hydrogen (secondary N) is 1. The number of ether oxygens (including phenoxy) is 1. The van der Waals surface area contributed by atoms with E-state index in [1.54, 1.807) is 0 Å². The Morgan fingerprint density at radius 2 is 2.06 bits per heavy atom. The van der Waals surface area contributed by atoms with Gasteiger partial charge in [0.25, 0.3) is 0 Å². The van der Waals surface area contributed by atoms with E-state index < -0.39 is 24.1 Å². The van der Waals surface area contributed by atoms with Crippen LogP contribution in [0.5, 0.6) is 0 Å². The number of rotatable bonds is 6. The lowest BCUT2D eigenvalue weighted by atomic mass is 10.3. The predicted octanol–water partition coefficient (Wildman–Crippen LogP) is -0.892. The highest BCUT2D eigenvalue weighted by Gasteiger charge is 2.18. The van der Waals surface area contributed by atoms with Crippen LogP contribution in [0.15, 0.2) is 0 Å². The van der Waals surface area contributed by atoms with E-state index in [4.69, 9.17) is 9.84 Å². The van der Waals surface area contributed by atoms with Crippen molar-refractivity contribution in [3.05, 3.63) is 0 Å². The average molecular weight is 234 g/mol. The molecule has 94 valence electrons. The Balaban J connectivity index is 4.03. The van der Waals surface area contributed by atoms with Crippen molar-refractivity contribution in [2.75, 3.05) is 27.3 Å². The van der Waals surface area contributed by atoms with E-state index >= 15 is 0 Å². The third-order valence-corrected chi connectivity index (χ3v) is 1.90. The largest absolute Gasteiger partial charge is 0.480 e. The number of hydrogen-bond acceptors (Lipinski definition) is 4. The van der Waals surface area contributed by atoms with E-state index in [1.807, 2.05) is 0 Å². The maximum Gasteiger partial charge on any atom is 0.325 e. The Kier molecular flexibility index (Phi) is 6.43. The third kappa shape index (κ3) is 5.52. The van der Waals surface area contributed by atoms with Crippen molar-refractivity contribution in [3.8, 4) is 0 Å². The van der Waals surface area contributed by atoms with Crippen LogP contribution in [0.2, 0.25) is 0 Å². The molecule has 0 heterocycles. The highest BCUT2D eigenvalue weighted by atomic mass is 16.5. The van der Waals surface area contributed by atoms with Crippen LogP contribution in [0.1, 0.15) is 6.92 Å². The molecular formula is C9H18N2O5. The second-order valence-electron chi connectivity index (χ2n) is 3.50. The molecular weight excluding hydrogens is 216 g/mol. The van der Waals surface area contributed by atoms with Gasteiger partial charge in [-0.05, 0) is 6.92 Å². The van der Waals surface area contributed by atoms with Crippen LogP contribution in [0.25, 0.3) is 0 Å². The van der Waals surface area contributed by atoms with Crippen LogP contribution in [0.3, 0.4) is 0 Å². The molecule has 0 saturated heterocycles. The summed E-state index contributed by atoms with van der Waals surface area (Å²) < 4.78 is 4.70. The zero-order valence-corrected chi connectivity index (χ0v) is 9.64. The number of aliphatic hydroxyl groups excluding tert-OH is 1. The maximum absolute atomic E-state index is 11.4. The molecule has 2 amide bonds. The van der Waals surface area contributed by atoms with Gasteiger partial charge in [0, 0.05) is 14.2 Å². The molecule has 0 aliphatic rings. The van der Waals surface area contributed by atoms with Crippen LogP contribution in [0, 0.1) is 0 Å². The second kappa shape index (κ2) is 7.02. The van der Waals surface area contributed by atoms with Gasteiger partial charge < -0.3 is 25.2 Å². The van der Waals surface area contributed by atoms with Crippen molar-refractivity contribution in [2.45, 2.75) is 19.1 Å². The Morgan fingerprint density at radius 1 is 1.50 bits per heavy atom. The van der Waals surface area contributed by atoms with E-state index in [0.717, 1.165) is 0 Å². The first-order valence-corrected chi connectivity index (χ1v) is 4.80. The number of urea groups is 1. The Morgan fingerprint density at radius 3 is 2.50 bits per heavy atom. The van der Waals surface area contributed by atoms with Gasteiger partial charge >= 0.3 is 12.0 Å². The molecule has 0 rings (SSSR count). The zero-order valence-electron chi connectivity index (χ0n) is 9.64. The number of carbonyl (C=O) groups excluding carboxylic acids is 1. The molecule has 7 heteroatoms. The number of carboxylic acid groups (broad SMARTS) is 1. The van der Waals surface area contributed by atoms with Crippen LogP contribution in [-0.4, -0.2) is 66.6 Å². The number of hydrogen-bond donors (Lipinski definition) is 3. The molecule has 0 saturated carbocycles. The minimum absolute atomic E-state index is 0.0754. The lowest BCUT2D eigenvalue weighted by Crippen LogP contribution is -2.47. The van der Waals surface area contributed by atoms with Crippen LogP contribution < -0.4 is 5.32 Å². The van der Waals surface area contributed by atoms with Gasteiger partial charge in [-0.1, -0.05) is 0 Å². The minimum atomic E-state index is -1.11. The van der Waals surface area contributed by atoms with E-state index in [-0.39, 0.29) is 13.2 Å². The van der Waals surface area contributed by atoms with Gasteiger partial charge in [-0.2, -0.15) is 0 Å². The van der Waals surface area contributed by atoms with E-state index in [2.05, 4.69) is 5.32 Å². The van der Waals surface area contributed by atoms with Crippen molar-refractivity contribution in [1.29, 1.82) is 0 Å². The monoisotopic (exact) mass is 234 g/mol. The minimum Gasteiger partial charge on any atom is -0.480 e. The fourth-order valence-corrected chi connectivity index (χ4v) is 1.00. The molecule has 0 aliphatic heterocycles. The molecule has 1 unspecified atom stereocenters. The van der Waals surface area contributed by atoms with Crippen LogP contribution >= 0.6 is 0 Å². The Labute approximate surface area is 94.0 Å². The van der Waals surface area contributed by atoms with Crippen molar-refractivity contribution >= 4 is 12.0 Å². The fraction of sp³-hybridized carbons (Fsp3) is 0.778. The topological polar surface area (TPSA) is 99.1 Å². The molecule has 3 N–H and O–H groups in total. The number of aliphatic hydroxyl groups is 1. The molecule has 16 heavy (non-hydrogen) atoms. The lowest BCUT2D eigenvalue weighted by Gasteiger charge is -2.22. The molecule has 0 aliphatic carbocycles. The molecule has 0 spiro atoms. The summed E-state index contributed by atoms with van der Waals surface area (Å²) >= 11 is 0. The molecule has 0 aromatic rings. The summed E-state index contributed by atoms with van der Waals surface area (Å²) in [5.74, 6) is -1.11. The summed E-state index contributed by atoms with van der Waals surface area (Å²) in [4.78, 5) is 23.1. The lowest BCUT2D eigenvalue weighted by molar-refractivity contribution is -0.138. The third-order valence-electron chi connectivity index (χ3n) is 1.90. The molecule has 0 aromatic carbocycles. The number of carbonyl (C=O) groups is 2. The highest BCUT2D eigenvalue weighted by Crippen LogP contribution is 1.92. The smallest absolute Gasteiger partial charge is 0.325 e. The molecule has 0 aromatic heterocycles. The van der Waals surface area contributed by atoms with E-state index in [1.165, 1.54) is 26.0 Å². The van der Waals surface area contributed by atoms with Crippen molar-refractivity contribution in [3.63, 3.8) is 0 Å². The second-order valence-corrected chi connectivity index (χ2v) is 3.50. The van der Waals surface area contributed by atoms with Crippen LogP contribution in [-0.2, 0) is 9.53 Å². The fourth-order valence-electron chi connectivity index (χ4n) is 1.00. The van der Waals surface area contributed by atoms with E-state index in [9.17, 15) is 14.7 Å². The average Bonchev–Trinajstić information content (AvgIpc) is 2.17. The first-order chi connectivity index (χ1) is 7.38. The zero-order chi connectivity index (χ0) is 12.7. The van der Waals surface area contributed by atoms with Crippen LogP contribution in [0.4, 0.5) is 4.79 Å². The van der Waals surface area contributed by atoms with Crippen molar-refractivity contribution < 1.29 is 24.5 Å².